The van der Waals surface area contributed by atoms with Crippen LogP contribution in [-0.4, -0.2) is 22.6 Å². The van der Waals surface area contributed by atoms with Gasteiger partial charge in [-0.1, -0.05) is 72.3 Å². The second kappa shape index (κ2) is 10.3. The molecule has 2 amide bonds. The molecule has 1 heterocycles. The average molecular weight is 495 g/mol. The van der Waals surface area contributed by atoms with Crippen molar-refractivity contribution in [3.8, 4) is 0 Å². The molecule has 0 aliphatic carbocycles. The molecule has 0 radical (unpaired) electrons. The van der Waals surface area contributed by atoms with E-state index in [1.54, 1.807) is 47.4 Å². The lowest BCUT2D eigenvalue weighted by Gasteiger charge is -2.23. The Hall–Kier alpha value is -4.03. The topological polar surface area (TPSA) is 66.5 Å². The van der Waals surface area contributed by atoms with E-state index in [0.29, 0.717) is 39.7 Å². The standard InChI is InChI=1S/C30H26N2O3S/c1-21-11-13-22(14-12-21)17-18-31-29(33)24-15-16-28-26(19-24)32(20-23-7-3-2-4-8-23)30(34)25-9-5-6-10-27(25)36(28)35/h2-16,19H,17-18,20H2,1H3,(H,31,33)/t36-/m1/s1. The maximum absolute atomic E-state index is 13.7. The van der Waals surface area contributed by atoms with E-state index in [4.69, 9.17) is 0 Å². The number of carbonyl (C=O) groups excluding carboxylic acids is 2. The van der Waals surface area contributed by atoms with Crippen molar-refractivity contribution >= 4 is 28.3 Å². The highest BCUT2D eigenvalue weighted by Crippen LogP contribution is 2.36. The summed E-state index contributed by atoms with van der Waals surface area (Å²) in [5.41, 5.74) is 4.61. The molecule has 5 nitrogen and oxygen atoms in total. The lowest BCUT2D eigenvalue weighted by atomic mass is 10.1. The number of hydrogen-bond donors (Lipinski definition) is 1. The number of anilines is 1. The number of aryl methyl sites for hydroxylation is 1. The molecule has 1 aliphatic rings. The molecule has 180 valence electrons. The Labute approximate surface area is 213 Å². The Morgan fingerprint density at radius 1 is 0.833 bits per heavy atom. The van der Waals surface area contributed by atoms with Gasteiger partial charge in [0.15, 0.2) is 0 Å². The minimum absolute atomic E-state index is 0.232. The van der Waals surface area contributed by atoms with Crippen LogP contribution in [0.1, 0.15) is 37.4 Å². The molecule has 0 saturated carbocycles. The van der Waals surface area contributed by atoms with Gasteiger partial charge in [0.1, 0.15) is 0 Å². The summed E-state index contributed by atoms with van der Waals surface area (Å²) in [6.07, 6.45) is 0.717. The molecule has 0 saturated heterocycles. The number of fused-ring (bicyclic) bond motifs is 2. The molecule has 0 aromatic heterocycles. The third-order valence-corrected chi connectivity index (χ3v) is 7.78. The first-order chi connectivity index (χ1) is 17.5. The second-order valence-electron chi connectivity index (χ2n) is 8.82. The van der Waals surface area contributed by atoms with Crippen LogP contribution in [0.4, 0.5) is 5.69 Å². The summed E-state index contributed by atoms with van der Waals surface area (Å²) in [7, 11) is -1.55. The fourth-order valence-electron chi connectivity index (χ4n) is 4.30. The molecule has 0 spiro atoms. The summed E-state index contributed by atoms with van der Waals surface area (Å²) in [5.74, 6) is -0.469. The van der Waals surface area contributed by atoms with E-state index >= 15 is 0 Å². The normalized spacial score (nSPS) is 14.5. The molecule has 0 unspecified atom stereocenters. The number of nitrogens with one attached hydrogen (secondary N) is 1. The molecule has 4 aromatic carbocycles. The second-order valence-corrected chi connectivity index (χ2v) is 10.2. The Morgan fingerprint density at radius 2 is 1.56 bits per heavy atom. The number of carbonyl (C=O) groups is 2. The van der Waals surface area contributed by atoms with E-state index in [1.807, 2.05) is 37.3 Å². The number of hydrogen-bond acceptors (Lipinski definition) is 3. The van der Waals surface area contributed by atoms with Gasteiger partial charge in [0.05, 0.1) is 38.4 Å². The van der Waals surface area contributed by atoms with Crippen LogP contribution in [0.25, 0.3) is 0 Å². The van der Waals surface area contributed by atoms with Crippen molar-refractivity contribution in [2.75, 3.05) is 11.4 Å². The minimum atomic E-state index is -1.55. The van der Waals surface area contributed by atoms with Crippen molar-refractivity contribution in [1.29, 1.82) is 0 Å². The van der Waals surface area contributed by atoms with E-state index in [9.17, 15) is 13.8 Å². The summed E-state index contributed by atoms with van der Waals surface area (Å²) < 4.78 is 13.5. The molecule has 4 aromatic rings. The maximum Gasteiger partial charge on any atom is 0.259 e. The molecule has 36 heavy (non-hydrogen) atoms. The quantitative estimate of drug-likeness (QED) is 0.396. The number of benzene rings is 4. The minimum Gasteiger partial charge on any atom is -0.352 e. The number of nitrogens with zero attached hydrogens (tertiary/aromatic N) is 1. The predicted octanol–water partition coefficient (Wildman–Crippen LogP) is 5.29. The molecule has 0 fully saturated rings. The lowest BCUT2D eigenvalue weighted by Crippen LogP contribution is -2.31. The zero-order chi connectivity index (χ0) is 25.1. The molecular formula is C30H26N2O3S. The monoisotopic (exact) mass is 494 g/mol. The van der Waals surface area contributed by atoms with Gasteiger partial charge in [-0.2, -0.15) is 0 Å². The van der Waals surface area contributed by atoms with Gasteiger partial charge in [-0.15, -0.1) is 0 Å². The van der Waals surface area contributed by atoms with Crippen LogP contribution in [0.5, 0.6) is 0 Å². The van der Waals surface area contributed by atoms with Crippen molar-refractivity contribution in [2.24, 2.45) is 0 Å². The smallest absolute Gasteiger partial charge is 0.259 e. The Kier molecular flexibility index (Phi) is 6.78. The Morgan fingerprint density at radius 3 is 2.33 bits per heavy atom. The Balaban J connectivity index is 1.46. The largest absolute Gasteiger partial charge is 0.352 e. The first-order valence-corrected chi connectivity index (χ1v) is 13.0. The molecule has 1 N–H and O–H groups in total. The van der Waals surface area contributed by atoms with Gasteiger partial charge in [-0.25, -0.2) is 4.21 Å². The van der Waals surface area contributed by atoms with Crippen molar-refractivity contribution in [3.05, 3.63) is 125 Å². The third-order valence-electron chi connectivity index (χ3n) is 6.28. The van der Waals surface area contributed by atoms with Crippen LogP contribution in [0.15, 0.2) is 107 Å². The van der Waals surface area contributed by atoms with Crippen LogP contribution in [0.2, 0.25) is 0 Å². The predicted molar refractivity (Wildman–Crippen MR) is 142 cm³/mol. The molecular weight excluding hydrogens is 468 g/mol. The van der Waals surface area contributed by atoms with E-state index in [0.717, 1.165) is 17.5 Å². The molecule has 5 rings (SSSR count). The zero-order valence-electron chi connectivity index (χ0n) is 19.9. The van der Waals surface area contributed by atoms with Crippen molar-refractivity contribution < 1.29 is 13.8 Å². The van der Waals surface area contributed by atoms with Gasteiger partial charge in [-0.05, 0) is 54.8 Å². The fourth-order valence-corrected chi connectivity index (χ4v) is 5.65. The van der Waals surface area contributed by atoms with Crippen LogP contribution in [0, 0.1) is 6.92 Å². The van der Waals surface area contributed by atoms with Gasteiger partial charge in [0.2, 0.25) is 0 Å². The SMILES string of the molecule is Cc1ccc(CCNC(=O)c2ccc3c(c2)N(Cc2ccccc2)C(=O)c2ccccc2[S@]3=O)cc1. The highest BCUT2D eigenvalue weighted by atomic mass is 32.2. The van der Waals surface area contributed by atoms with Gasteiger partial charge in [0, 0.05) is 12.1 Å². The van der Waals surface area contributed by atoms with E-state index in [2.05, 4.69) is 29.6 Å². The van der Waals surface area contributed by atoms with E-state index in [1.165, 1.54) is 5.56 Å². The Bertz CT molecular complexity index is 1450. The van der Waals surface area contributed by atoms with Crippen molar-refractivity contribution in [2.45, 2.75) is 29.7 Å². The van der Waals surface area contributed by atoms with Gasteiger partial charge in [-0.3, -0.25) is 9.59 Å². The number of amides is 2. The first kappa shape index (κ1) is 23.7. The molecule has 1 aliphatic heterocycles. The average Bonchev–Trinajstić information content (AvgIpc) is 2.99. The van der Waals surface area contributed by atoms with Gasteiger partial charge >= 0.3 is 0 Å². The third kappa shape index (κ3) is 4.86. The molecule has 0 bridgehead atoms. The van der Waals surface area contributed by atoms with Gasteiger partial charge in [0.25, 0.3) is 11.8 Å². The van der Waals surface area contributed by atoms with E-state index in [-0.39, 0.29) is 11.8 Å². The summed E-state index contributed by atoms with van der Waals surface area (Å²) in [4.78, 5) is 29.3. The van der Waals surface area contributed by atoms with Gasteiger partial charge < -0.3 is 10.2 Å². The van der Waals surface area contributed by atoms with Crippen molar-refractivity contribution in [1.82, 2.24) is 5.32 Å². The van der Waals surface area contributed by atoms with Crippen molar-refractivity contribution in [3.63, 3.8) is 0 Å². The zero-order valence-corrected chi connectivity index (χ0v) is 20.8. The van der Waals surface area contributed by atoms with Crippen LogP contribution in [0.3, 0.4) is 0 Å². The fraction of sp³-hybridized carbons (Fsp3) is 0.133. The lowest BCUT2D eigenvalue weighted by molar-refractivity contribution is 0.0950. The highest BCUT2D eigenvalue weighted by molar-refractivity contribution is 7.85. The van der Waals surface area contributed by atoms with E-state index < -0.39 is 10.8 Å². The molecule has 6 heteroatoms. The van der Waals surface area contributed by atoms with Crippen LogP contribution < -0.4 is 10.2 Å². The van der Waals surface area contributed by atoms with Crippen LogP contribution in [-0.2, 0) is 23.8 Å². The summed E-state index contributed by atoms with van der Waals surface area (Å²) in [5, 5.41) is 2.97. The summed E-state index contributed by atoms with van der Waals surface area (Å²) in [6, 6.07) is 29.9. The first-order valence-electron chi connectivity index (χ1n) is 11.9. The number of rotatable bonds is 6. The molecule has 1 atom stereocenters. The summed E-state index contributed by atoms with van der Waals surface area (Å²) in [6.45, 7) is 2.83. The maximum atomic E-state index is 13.7. The highest BCUT2D eigenvalue weighted by Gasteiger charge is 2.31. The van der Waals surface area contributed by atoms with Crippen LogP contribution >= 0.6 is 0 Å². The summed E-state index contributed by atoms with van der Waals surface area (Å²) >= 11 is 0.